The molecule has 5 nitrogen and oxygen atoms in total. The quantitative estimate of drug-likeness (QED) is 0.751. The number of aliphatic hydroxyl groups excluding tert-OH is 1. The Morgan fingerprint density at radius 3 is 2.62 bits per heavy atom. The first kappa shape index (κ1) is 12.7. The van der Waals surface area contributed by atoms with Crippen molar-refractivity contribution in [2.24, 2.45) is 0 Å². The molecular weight excluding hydrogens is 204 g/mol. The fraction of sp³-hybridized carbons (Fsp3) is 0.636. The number of nitrogens with zero attached hydrogens (tertiary/aromatic N) is 3. The fourth-order valence-electron chi connectivity index (χ4n) is 1.49. The summed E-state index contributed by atoms with van der Waals surface area (Å²) in [6.07, 6.45) is 0.805. The van der Waals surface area contributed by atoms with Crippen LogP contribution in [0.5, 0.6) is 0 Å². The van der Waals surface area contributed by atoms with E-state index < -0.39 is 0 Å². The summed E-state index contributed by atoms with van der Waals surface area (Å²) >= 11 is 0. The summed E-state index contributed by atoms with van der Waals surface area (Å²) in [4.78, 5) is 10.8. The van der Waals surface area contributed by atoms with Gasteiger partial charge < -0.3 is 15.3 Å². The van der Waals surface area contributed by atoms with Crippen LogP contribution in [0.2, 0.25) is 0 Å². The second kappa shape index (κ2) is 6.27. The molecule has 0 unspecified atom stereocenters. The highest BCUT2D eigenvalue weighted by Gasteiger charge is 2.08. The van der Waals surface area contributed by atoms with Crippen LogP contribution >= 0.6 is 0 Å². The zero-order chi connectivity index (χ0) is 12.0. The molecule has 16 heavy (non-hydrogen) atoms. The lowest BCUT2D eigenvalue weighted by Gasteiger charge is -2.21. The Labute approximate surface area is 96.5 Å². The standard InChI is InChI=1S/C11H20N4O/c1-4-9-13-10(12-3)8-11(14-9)15(5-2)6-7-16/h8,16H,4-7H2,1-3H3,(H,12,13,14). The van der Waals surface area contributed by atoms with Crippen molar-refractivity contribution in [1.29, 1.82) is 0 Å². The molecule has 1 heterocycles. The van der Waals surface area contributed by atoms with Crippen LogP contribution in [0.25, 0.3) is 0 Å². The van der Waals surface area contributed by atoms with Crippen molar-refractivity contribution in [3.63, 3.8) is 0 Å². The Balaban J connectivity index is 3.00. The van der Waals surface area contributed by atoms with Gasteiger partial charge in [0.05, 0.1) is 6.61 Å². The number of anilines is 2. The second-order valence-corrected chi connectivity index (χ2v) is 3.43. The molecule has 1 rings (SSSR count). The Kier molecular flexibility index (Phi) is 4.98. The van der Waals surface area contributed by atoms with Crippen LogP contribution in [0.15, 0.2) is 6.07 Å². The van der Waals surface area contributed by atoms with Gasteiger partial charge in [0.25, 0.3) is 0 Å². The number of rotatable bonds is 6. The van der Waals surface area contributed by atoms with E-state index in [2.05, 4.69) is 15.3 Å². The van der Waals surface area contributed by atoms with Gasteiger partial charge in [-0.3, -0.25) is 0 Å². The fourth-order valence-corrected chi connectivity index (χ4v) is 1.49. The molecule has 1 aromatic heterocycles. The van der Waals surface area contributed by atoms with Crippen molar-refractivity contribution >= 4 is 11.6 Å². The molecule has 0 saturated heterocycles. The van der Waals surface area contributed by atoms with Crippen molar-refractivity contribution in [3.8, 4) is 0 Å². The Bertz CT molecular complexity index is 308. The molecule has 0 aliphatic rings. The third-order valence-corrected chi connectivity index (χ3v) is 2.41. The van der Waals surface area contributed by atoms with E-state index in [9.17, 15) is 0 Å². The maximum Gasteiger partial charge on any atom is 0.134 e. The van der Waals surface area contributed by atoms with E-state index in [1.807, 2.05) is 31.9 Å². The molecule has 0 bridgehead atoms. The first-order chi connectivity index (χ1) is 7.74. The molecule has 0 aliphatic carbocycles. The molecule has 0 atom stereocenters. The third-order valence-electron chi connectivity index (χ3n) is 2.41. The molecule has 0 amide bonds. The summed E-state index contributed by atoms with van der Waals surface area (Å²) in [5.74, 6) is 2.50. The first-order valence-electron chi connectivity index (χ1n) is 5.66. The van der Waals surface area contributed by atoms with Crippen LogP contribution in [0.4, 0.5) is 11.6 Å². The van der Waals surface area contributed by atoms with Gasteiger partial charge in [-0.1, -0.05) is 6.92 Å². The van der Waals surface area contributed by atoms with Crippen molar-refractivity contribution in [1.82, 2.24) is 9.97 Å². The van der Waals surface area contributed by atoms with E-state index in [0.29, 0.717) is 6.54 Å². The molecule has 0 spiro atoms. The minimum atomic E-state index is 0.133. The smallest absolute Gasteiger partial charge is 0.134 e. The van der Waals surface area contributed by atoms with Crippen molar-refractivity contribution in [2.45, 2.75) is 20.3 Å². The molecule has 1 aromatic rings. The lowest BCUT2D eigenvalue weighted by Crippen LogP contribution is -2.27. The summed E-state index contributed by atoms with van der Waals surface area (Å²) < 4.78 is 0. The van der Waals surface area contributed by atoms with Gasteiger partial charge in [0.2, 0.25) is 0 Å². The van der Waals surface area contributed by atoms with E-state index >= 15 is 0 Å². The minimum Gasteiger partial charge on any atom is -0.395 e. The van der Waals surface area contributed by atoms with E-state index in [1.54, 1.807) is 0 Å². The number of aliphatic hydroxyl groups is 1. The summed E-state index contributed by atoms with van der Waals surface area (Å²) in [5, 5.41) is 12.0. The summed E-state index contributed by atoms with van der Waals surface area (Å²) in [6.45, 7) is 5.63. The number of hydrogen-bond acceptors (Lipinski definition) is 5. The predicted molar refractivity (Wildman–Crippen MR) is 65.9 cm³/mol. The summed E-state index contributed by atoms with van der Waals surface area (Å²) in [7, 11) is 1.84. The number of hydrogen-bond donors (Lipinski definition) is 2. The number of aromatic nitrogens is 2. The maximum absolute atomic E-state index is 8.98. The summed E-state index contributed by atoms with van der Waals surface area (Å²) in [6, 6.07) is 1.90. The molecule has 0 radical (unpaired) electrons. The van der Waals surface area contributed by atoms with E-state index in [4.69, 9.17) is 5.11 Å². The summed E-state index contributed by atoms with van der Waals surface area (Å²) in [5.41, 5.74) is 0. The van der Waals surface area contributed by atoms with Crippen LogP contribution in [0, 0.1) is 0 Å². The highest BCUT2D eigenvalue weighted by molar-refractivity contribution is 5.49. The van der Waals surface area contributed by atoms with Crippen LogP contribution in [-0.2, 0) is 6.42 Å². The number of aryl methyl sites for hydroxylation is 1. The van der Waals surface area contributed by atoms with Crippen molar-refractivity contribution in [3.05, 3.63) is 11.9 Å². The second-order valence-electron chi connectivity index (χ2n) is 3.43. The predicted octanol–water partition coefficient (Wildman–Crippen LogP) is 0.899. The van der Waals surface area contributed by atoms with E-state index in [-0.39, 0.29) is 6.61 Å². The van der Waals surface area contributed by atoms with Gasteiger partial charge in [-0.05, 0) is 6.92 Å². The topological polar surface area (TPSA) is 61.3 Å². The zero-order valence-corrected chi connectivity index (χ0v) is 10.2. The van der Waals surface area contributed by atoms with Gasteiger partial charge in [0, 0.05) is 32.6 Å². The Hall–Kier alpha value is -1.36. The molecule has 0 saturated carbocycles. The first-order valence-corrected chi connectivity index (χ1v) is 5.66. The monoisotopic (exact) mass is 224 g/mol. The highest BCUT2D eigenvalue weighted by Crippen LogP contribution is 2.15. The van der Waals surface area contributed by atoms with Crippen LogP contribution < -0.4 is 10.2 Å². The van der Waals surface area contributed by atoms with Gasteiger partial charge in [-0.25, -0.2) is 9.97 Å². The lowest BCUT2D eigenvalue weighted by atomic mass is 10.4. The SMILES string of the molecule is CCc1nc(NC)cc(N(CC)CCO)n1. The molecule has 0 aromatic carbocycles. The zero-order valence-electron chi connectivity index (χ0n) is 10.2. The normalized spacial score (nSPS) is 10.2. The Morgan fingerprint density at radius 2 is 2.12 bits per heavy atom. The van der Waals surface area contributed by atoms with E-state index in [0.717, 1.165) is 30.4 Å². The van der Waals surface area contributed by atoms with Gasteiger partial charge in [-0.2, -0.15) is 0 Å². The van der Waals surface area contributed by atoms with Gasteiger partial charge in [0.15, 0.2) is 0 Å². The largest absolute Gasteiger partial charge is 0.395 e. The highest BCUT2D eigenvalue weighted by atomic mass is 16.3. The van der Waals surface area contributed by atoms with Crippen LogP contribution in [0.1, 0.15) is 19.7 Å². The third kappa shape index (κ3) is 3.06. The molecule has 5 heteroatoms. The molecule has 0 fully saturated rings. The average Bonchev–Trinajstić information content (AvgIpc) is 2.35. The molecular formula is C11H20N4O. The molecule has 90 valence electrons. The number of nitrogens with one attached hydrogen (secondary N) is 1. The number of likely N-dealkylation sites (N-methyl/N-ethyl adjacent to an activating group) is 1. The average molecular weight is 224 g/mol. The van der Waals surface area contributed by atoms with Crippen molar-refractivity contribution in [2.75, 3.05) is 37.0 Å². The molecule has 2 N–H and O–H groups in total. The van der Waals surface area contributed by atoms with Crippen LogP contribution in [-0.4, -0.2) is 41.8 Å². The van der Waals surface area contributed by atoms with Gasteiger partial charge >= 0.3 is 0 Å². The van der Waals surface area contributed by atoms with Gasteiger partial charge in [-0.15, -0.1) is 0 Å². The Morgan fingerprint density at radius 1 is 1.38 bits per heavy atom. The van der Waals surface area contributed by atoms with Gasteiger partial charge in [0.1, 0.15) is 17.5 Å². The van der Waals surface area contributed by atoms with Crippen LogP contribution in [0.3, 0.4) is 0 Å². The maximum atomic E-state index is 8.98. The minimum absolute atomic E-state index is 0.133. The lowest BCUT2D eigenvalue weighted by molar-refractivity contribution is 0.302. The van der Waals surface area contributed by atoms with Crippen molar-refractivity contribution < 1.29 is 5.11 Å². The molecule has 0 aliphatic heterocycles. The van der Waals surface area contributed by atoms with E-state index in [1.165, 1.54) is 0 Å².